The Morgan fingerprint density at radius 3 is 2.26 bits per heavy atom. The summed E-state index contributed by atoms with van der Waals surface area (Å²) in [4.78, 5) is 3.70. The van der Waals surface area contributed by atoms with E-state index in [2.05, 4.69) is 70.7 Å². The van der Waals surface area contributed by atoms with Crippen molar-refractivity contribution in [2.75, 3.05) is 6.61 Å². The van der Waals surface area contributed by atoms with Gasteiger partial charge in [-0.05, 0) is 91.3 Å². The third-order valence-electron chi connectivity index (χ3n) is 12.0. The maximum Gasteiger partial charge on any atom is 0.220 e. The molecule has 0 bridgehead atoms. The lowest BCUT2D eigenvalue weighted by Gasteiger charge is -2.55. The second-order valence-electron chi connectivity index (χ2n) is 14.7. The molecule has 6 N–H and O–H groups in total. The lowest BCUT2D eigenvalue weighted by Crippen LogP contribution is -2.58. The zero-order chi connectivity index (χ0) is 31.0. The Morgan fingerprint density at radius 2 is 1.62 bits per heavy atom. The van der Waals surface area contributed by atoms with Crippen LogP contribution in [0.3, 0.4) is 0 Å². The highest BCUT2D eigenvalue weighted by atomic mass is 17.1. The summed E-state index contributed by atoms with van der Waals surface area (Å²) in [6.45, 7) is 14.1. The van der Waals surface area contributed by atoms with Gasteiger partial charge < -0.3 is 30.3 Å². The smallest absolute Gasteiger partial charge is 0.220 e. The topological polar surface area (TPSA) is 140 Å². The monoisotopic (exact) mass is 592 g/mol. The third-order valence-corrected chi connectivity index (χ3v) is 12.0. The van der Waals surface area contributed by atoms with Gasteiger partial charge in [-0.2, -0.15) is 0 Å². The van der Waals surface area contributed by atoms with Crippen LogP contribution in [-0.4, -0.2) is 74.2 Å². The first-order chi connectivity index (χ1) is 19.8. The largest absolute Gasteiger partial charge is 0.394 e. The number of aliphatic hydroxyl groups excluding tert-OH is 5. The predicted octanol–water partition coefficient (Wildman–Crippen LogP) is 4.61. The molecular weight excluding hydrogens is 536 g/mol. The Bertz CT molecular complexity index is 988. The van der Waals surface area contributed by atoms with Crippen LogP contribution < -0.4 is 0 Å². The summed E-state index contributed by atoms with van der Waals surface area (Å²) < 4.78 is 4.70. The van der Waals surface area contributed by atoms with Crippen molar-refractivity contribution in [1.29, 1.82) is 0 Å². The first-order valence-electron chi connectivity index (χ1n) is 16.2. The zero-order valence-corrected chi connectivity index (χ0v) is 26.4. The highest BCUT2D eigenvalue weighted by Crippen LogP contribution is 2.66. The van der Waals surface area contributed by atoms with Crippen LogP contribution in [0.25, 0.3) is 0 Å². The SMILES string of the molecule is CC(C)[C@@H](C)/C=C/[C@@H](C)[C@H]1CC[C@H]2C3=CC=C4C[C@@H](O)CC[C@]4(C)[C@H]3CC[C@]12C.OC[C@H]1OC(OO)[C@H](O)[C@@H](O)[C@@H]1O. The molecule has 4 fully saturated rings. The molecule has 42 heavy (non-hydrogen) atoms. The molecule has 1 unspecified atom stereocenters. The molecule has 0 aromatic rings. The van der Waals surface area contributed by atoms with Crippen molar-refractivity contribution in [3.63, 3.8) is 0 Å². The molecule has 13 atom stereocenters. The fraction of sp³-hybridized carbons (Fsp3) is 0.824. The van der Waals surface area contributed by atoms with Crippen LogP contribution >= 0.6 is 0 Å². The van der Waals surface area contributed by atoms with E-state index in [1.165, 1.54) is 37.7 Å². The van der Waals surface area contributed by atoms with E-state index in [1.807, 2.05) is 0 Å². The second-order valence-corrected chi connectivity index (χ2v) is 14.7. The standard InChI is InChI=1S/C28H44O.C6H12O7/c1-18(2)19(3)7-8-20(4)24-11-12-25-23-10-9-21-17-22(29)13-15-27(21,5)26(23)14-16-28(24,25)6;7-1-2-3(8)4(9)5(10)6(12-2)13-11/h7-10,18-20,22,24-26,29H,11-17H2,1-6H3;2-11H,1H2/b8-7+;/t19-,20+,22-,24+,25-,26-,27-,28+;2-,3-,4+,5-,6?/m01/s1. The summed E-state index contributed by atoms with van der Waals surface area (Å²) in [7, 11) is 0. The predicted molar refractivity (Wildman–Crippen MR) is 161 cm³/mol. The van der Waals surface area contributed by atoms with E-state index in [0.717, 1.165) is 36.5 Å². The fourth-order valence-electron chi connectivity index (χ4n) is 8.75. The van der Waals surface area contributed by atoms with E-state index >= 15 is 0 Å². The average Bonchev–Trinajstić information content (AvgIpc) is 3.32. The van der Waals surface area contributed by atoms with Gasteiger partial charge in [0.05, 0.1) is 12.7 Å². The lowest BCUT2D eigenvalue weighted by atomic mass is 9.50. The summed E-state index contributed by atoms with van der Waals surface area (Å²) in [6.07, 6.45) is 11.3. The van der Waals surface area contributed by atoms with Crippen LogP contribution in [0.1, 0.15) is 86.5 Å². The van der Waals surface area contributed by atoms with Gasteiger partial charge in [-0.15, -0.1) is 0 Å². The van der Waals surface area contributed by atoms with Crippen LogP contribution in [0.15, 0.2) is 35.5 Å². The van der Waals surface area contributed by atoms with Crippen molar-refractivity contribution in [3.05, 3.63) is 35.5 Å². The normalized spacial score (nSPS) is 44.7. The summed E-state index contributed by atoms with van der Waals surface area (Å²) >= 11 is 0. The Hall–Kier alpha value is -1.10. The van der Waals surface area contributed by atoms with Crippen LogP contribution in [0.5, 0.6) is 0 Å². The first-order valence-corrected chi connectivity index (χ1v) is 16.2. The quantitative estimate of drug-likeness (QED) is 0.149. The van der Waals surface area contributed by atoms with Gasteiger partial charge in [-0.25, -0.2) is 10.1 Å². The fourth-order valence-corrected chi connectivity index (χ4v) is 8.75. The highest BCUT2D eigenvalue weighted by molar-refractivity contribution is 5.39. The molecule has 1 saturated heterocycles. The molecule has 4 aliphatic carbocycles. The van der Waals surface area contributed by atoms with Crippen molar-refractivity contribution >= 4 is 0 Å². The van der Waals surface area contributed by atoms with Gasteiger partial charge in [0.15, 0.2) is 0 Å². The van der Waals surface area contributed by atoms with E-state index < -0.39 is 37.3 Å². The van der Waals surface area contributed by atoms with E-state index in [4.69, 9.17) is 25.3 Å². The van der Waals surface area contributed by atoms with Gasteiger partial charge in [0.25, 0.3) is 0 Å². The minimum atomic E-state index is -1.55. The molecule has 240 valence electrons. The molecule has 0 aromatic heterocycles. The molecule has 1 heterocycles. The highest BCUT2D eigenvalue weighted by Gasteiger charge is 2.56. The molecule has 0 aromatic carbocycles. The molecule has 8 heteroatoms. The molecule has 5 rings (SSSR count). The number of allylic oxidation sites excluding steroid dienone is 5. The van der Waals surface area contributed by atoms with Gasteiger partial charge in [-0.3, -0.25) is 0 Å². The molecule has 3 saturated carbocycles. The minimum absolute atomic E-state index is 0.116. The van der Waals surface area contributed by atoms with E-state index in [0.29, 0.717) is 22.7 Å². The maximum absolute atomic E-state index is 10.2. The third kappa shape index (κ3) is 6.34. The summed E-state index contributed by atoms with van der Waals surface area (Å²) in [6, 6.07) is 0. The molecule has 5 aliphatic rings. The van der Waals surface area contributed by atoms with Crippen molar-refractivity contribution in [2.45, 2.75) is 123 Å². The number of hydrogen-bond acceptors (Lipinski definition) is 8. The van der Waals surface area contributed by atoms with Crippen molar-refractivity contribution < 1.29 is 40.4 Å². The van der Waals surface area contributed by atoms with Gasteiger partial charge in [-0.1, -0.05) is 77.0 Å². The summed E-state index contributed by atoms with van der Waals surface area (Å²) in [5.41, 5.74) is 4.07. The van der Waals surface area contributed by atoms with E-state index in [-0.39, 0.29) is 6.10 Å². The maximum atomic E-state index is 10.2. The van der Waals surface area contributed by atoms with Crippen molar-refractivity contribution in [3.8, 4) is 0 Å². The molecule has 0 radical (unpaired) electrons. The van der Waals surface area contributed by atoms with Crippen molar-refractivity contribution in [1.82, 2.24) is 0 Å². The molecule has 0 spiro atoms. The van der Waals surface area contributed by atoms with Gasteiger partial charge in [0.2, 0.25) is 6.29 Å². The Labute approximate surface area is 252 Å². The van der Waals surface area contributed by atoms with Gasteiger partial charge in [0, 0.05) is 0 Å². The molecule has 1 aliphatic heterocycles. The average molecular weight is 593 g/mol. The zero-order valence-electron chi connectivity index (χ0n) is 26.4. The summed E-state index contributed by atoms with van der Waals surface area (Å²) in [5.74, 6) is 4.38. The van der Waals surface area contributed by atoms with E-state index in [1.54, 1.807) is 5.57 Å². The van der Waals surface area contributed by atoms with Crippen LogP contribution in [0, 0.1) is 46.3 Å². The first kappa shape index (κ1) is 33.8. The minimum Gasteiger partial charge on any atom is -0.394 e. The van der Waals surface area contributed by atoms with Gasteiger partial charge >= 0.3 is 0 Å². The van der Waals surface area contributed by atoms with E-state index in [9.17, 15) is 10.2 Å². The Morgan fingerprint density at radius 1 is 0.905 bits per heavy atom. The van der Waals surface area contributed by atoms with Crippen LogP contribution in [-0.2, 0) is 9.62 Å². The van der Waals surface area contributed by atoms with Crippen molar-refractivity contribution in [2.24, 2.45) is 46.3 Å². The van der Waals surface area contributed by atoms with Crippen LogP contribution in [0.2, 0.25) is 0 Å². The number of ether oxygens (including phenoxy) is 1. The molecule has 8 nitrogen and oxygen atoms in total. The Balaban J connectivity index is 0.000000262. The molecular formula is C34H56O8. The van der Waals surface area contributed by atoms with Gasteiger partial charge in [0.1, 0.15) is 24.4 Å². The lowest BCUT2D eigenvalue weighted by molar-refractivity contribution is -0.404. The van der Waals surface area contributed by atoms with Crippen LogP contribution in [0.4, 0.5) is 0 Å². The number of fused-ring (bicyclic) bond motifs is 5. The molecule has 0 amide bonds. The second kappa shape index (κ2) is 13.5. The number of aliphatic hydroxyl groups is 5. The number of hydrogen-bond donors (Lipinski definition) is 6. The Kier molecular flexibility index (Phi) is 10.9. The number of rotatable bonds is 6. The summed E-state index contributed by atoms with van der Waals surface area (Å²) in [5, 5.41) is 54.6.